The van der Waals surface area contributed by atoms with Crippen molar-refractivity contribution in [2.24, 2.45) is 7.05 Å². The van der Waals surface area contributed by atoms with Gasteiger partial charge in [0, 0.05) is 45.1 Å². The zero-order valence-electron chi connectivity index (χ0n) is 12.2. The predicted molar refractivity (Wildman–Crippen MR) is 80.9 cm³/mol. The Bertz CT molecular complexity index is 742. The quantitative estimate of drug-likeness (QED) is 0.873. The van der Waals surface area contributed by atoms with Crippen LogP contribution in [-0.4, -0.2) is 46.2 Å². The molecule has 2 aromatic rings. The van der Waals surface area contributed by atoms with E-state index in [1.165, 1.54) is 10.7 Å². The Hall–Kier alpha value is -2.09. The second-order valence-electron chi connectivity index (χ2n) is 5.30. The molecule has 2 aromatic heterocycles. The molecular weight excluding hydrogens is 290 g/mol. The molecule has 0 aliphatic carbocycles. The van der Waals surface area contributed by atoms with Crippen LogP contribution in [0.4, 0.5) is 5.13 Å². The van der Waals surface area contributed by atoms with Crippen molar-refractivity contribution in [2.45, 2.75) is 13.0 Å². The van der Waals surface area contributed by atoms with Gasteiger partial charge in [-0.3, -0.25) is 19.4 Å². The Morgan fingerprint density at radius 3 is 2.86 bits per heavy atom. The molecule has 0 aromatic carbocycles. The van der Waals surface area contributed by atoms with Crippen LogP contribution in [0.25, 0.3) is 0 Å². The molecule has 0 saturated heterocycles. The maximum atomic E-state index is 12.4. The standard InChI is InChI=1S/C13H17N5O2S/c1-16(2)13-14-8-4-5-18(7-10(8)21-13)12(20)9-6-11(19)17(3)15-9/h6,15H,4-5,7H2,1-3H3. The third-order valence-electron chi connectivity index (χ3n) is 3.51. The van der Waals surface area contributed by atoms with Gasteiger partial charge in [0.25, 0.3) is 11.5 Å². The Kier molecular flexibility index (Phi) is 3.32. The average molecular weight is 307 g/mol. The number of aromatic nitrogens is 3. The van der Waals surface area contributed by atoms with Gasteiger partial charge < -0.3 is 9.80 Å². The molecule has 1 N–H and O–H groups in total. The lowest BCUT2D eigenvalue weighted by molar-refractivity contribution is 0.0729. The van der Waals surface area contributed by atoms with E-state index in [1.54, 1.807) is 23.3 Å². The summed E-state index contributed by atoms with van der Waals surface area (Å²) < 4.78 is 1.31. The molecule has 21 heavy (non-hydrogen) atoms. The minimum absolute atomic E-state index is 0.141. The van der Waals surface area contributed by atoms with Gasteiger partial charge in [-0.25, -0.2) is 4.98 Å². The van der Waals surface area contributed by atoms with Crippen molar-refractivity contribution in [1.29, 1.82) is 0 Å². The number of carbonyl (C=O) groups is 1. The van der Waals surface area contributed by atoms with Crippen molar-refractivity contribution in [1.82, 2.24) is 19.7 Å². The van der Waals surface area contributed by atoms with Gasteiger partial charge in [0.15, 0.2) is 5.13 Å². The van der Waals surface area contributed by atoms with E-state index < -0.39 is 0 Å². The fourth-order valence-electron chi connectivity index (χ4n) is 2.31. The molecule has 3 rings (SSSR count). The van der Waals surface area contributed by atoms with Crippen LogP contribution in [0.3, 0.4) is 0 Å². The Labute approximate surface area is 125 Å². The number of aromatic amines is 1. The molecular formula is C13H17N5O2S. The number of H-pyrrole nitrogens is 1. The number of nitrogens with one attached hydrogen (secondary N) is 1. The SMILES string of the molecule is CN(C)c1nc2c(s1)CN(C(=O)c1cc(=O)n(C)[nH]1)CC2. The number of aryl methyl sites for hydroxylation is 1. The molecule has 0 spiro atoms. The minimum atomic E-state index is -0.205. The molecule has 1 aliphatic rings. The first-order chi connectivity index (χ1) is 9.95. The summed E-state index contributed by atoms with van der Waals surface area (Å²) in [4.78, 5) is 33.3. The third-order valence-corrected chi connectivity index (χ3v) is 4.76. The van der Waals surface area contributed by atoms with E-state index in [0.29, 0.717) is 18.8 Å². The van der Waals surface area contributed by atoms with Crippen LogP contribution in [0.1, 0.15) is 21.1 Å². The van der Waals surface area contributed by atoms with Crippen LogP contribution in [0.5, 0.6) is 0 Å². The monoisotopic (exact) mass is 307 g/mol. The summed E-state index contributed by atoms with van der Waals surface area (Å²) in [7, 11) is 5.52. The van der Waals surface area contributed by atoms with E-state index in [0.717, 1.165) is 22.1 Å². The summed E-state index contributed by atoms with van der Waals surface area (Å²) in [5, 5.41) is 3.74. The summed E-state index contributed by atoms with van der Waals surface area (Å²) in [5.41, 5.74) is 1.21. The first-order valence-corrected chi connectivity index (χ1v) is 7.48. The molecule has 0 fully saturated rings. The largest absolute Gasteiger partial charge is 0.354 e. The number of anilines is 1. The summed E-state index contributed by atoms with van der Waals surface area (Å²) in [6, 6.07) is 1.34. The smallest absolute Gasteiger partial charge is 0.272 e. The van der Waals surface area contributed by atoms with Gasteiger partial charge in [-0.05, 0) is 0 Å². The summed E-state index contributed by atoms with van der Waals surface area (Å²) in [6.45, 7) is 1.18. The van der Waals surface area contributed by atoms with E-state index >= 15 is 0 Å². The fraction of sp³-hybridized carbons (Fsp3) is 0.462. The van der Waals surface area contributed by atoms with Gasteiger partial charge in [0.2, 0.25) is 0 Å². The van der Waals surface area contributed by atoms with Crippen molar-refractivity contribution in [3.05, 3.63) is 32.7 Å². The van der Waals surface area contributed by atoms with E-state index in [-0.39, 0.29) is 11.5 Å². The lowest BCUT2D eigenvalue weighted by atomic mass is 10.1. The van der Waals surface area contributed by atoms with Crippen LogP contribution >= 0.6 is 11.3 Å². The molecule has 0 bridgehead atoms. The number of thiazole rings is 1. The zero-order valence-corrected chi connectivity index (χ0v) is 13.0. The highest BCUT2D eigenvalue weighted by Crippen LogP contribution is 2.29. The summed E-state index contributed by atoms with van der Waals surface area (Å²) >= 11 is 1.61. The Balaban J connectivity index is 1.82. The third kappa shape index (κ3) is 2.46. The molecule has 3 heterocycles. The van der Waals surface area contributed by atoms with Crippen molar-refractivity contribution in [2.75, 3.05) is 25.5 Å². The molecule has 0 radical (unpaired) electrons. The predicted octanol–water partition coefficient (Wildman–Crippen LogP) is 0.434. The van der Waals surface area contributed by atoms with Gasteiger partial charge in [0.05, 0.1) is 12.2 Å². The number of amides is 1. The van der Waals surface area contributed by atoms with Crippen molar-refractivity contribution in [3.63, 3.8) is 0 Å². The molecule has 1 aliphatic heterocycles. The van der Waals surface area contributed by atoms with Crippen LogP contribution in [0.2, 0.25) is 0 Å². The minimum Gasteiger partial charge on any atom is -0.354 e. The van der Waals surface area contributed by atoms with E-state index in [4.69, 9.17) is 0 Å². The highest BCUT2D eigenvalue weighted by molar-refractivity contribution is 7.15. The number of rotatable bonds is 2. The summed E-state index contributed by atoms with van der Waals surface area (Å²) in [6.07, 6.45) is 0.752. The van der Waals surface area contributed by atoms with Gasteiger partial charge in [-0.2, -0.15) is 0 Å². The lowest BCUT2D eigenvalue weighted by Crippen LogP contribution is -2.35. The second kappa shape index (κ2) is 5.03. The van der Waals surface area contributed by atoms with Crippen LogP contribution in [0.15, 0.2) is 10.9 Å². The number of carbonyl (C=O) groups excluding carboxylic acids is 1. The normalized spacial score (nSPS) is 14.1. The topological polar surface area (TPSA) is 74.2 Å². The van der Waals surface area contributed by atoms with Crippen molar-refractivity contribution < 1.29 is 4.79 Å². The lowest BCUT2D eigenvalue weighted by Gasteiger charge is -2.25. The molecule has 0 saturated carbocycles. The number of nitrogens with zero attached hydrogens (tertiary/aromatic N) is 4. The summed E-state index contributed by atoms with van der Waals surface area (Å²) in [5.74, 6) is -0.141. The fourth-order valence-corrected chi connectivity index (χ4v) is 3.36. The first kappa shape index (κ1) is 13.9. The molecule has 1 amide bonds. The van der Waals surface area contributed by atoms with Gasteiger partial charge in [-0.15, -0.1) is 0 Å². The number of hydrogen-bond donors (Lipinski definition) is 1. The maximum Gasteiger partial charge on any atom is 0.272 e. The van der Waals surface area contributed by atoms with Gasteiger partial charge in [-0.1, -0.05) is 11.3 Å². The van der Waals surface area contributed by atoms with Gasteiger partial charge >= 0.3 is 0 Å². The van der Waals surface area contributed by atoms with Crippen LogP contribution < -0.4 is 10.5 Å². The van der Waals surface area contributed by atoms with Crippen LogP contribution in [0, 0.1) is 0 Å². The molecule has 8 heteroatoms. The number of hydrogen-bond acceptors (Lipinski definition) is 5. The maximum absolute atomic E-state index is 12.4. The molecule has 0 unspecified atom stereocenters. The molecule has 0 atom stereocenters. The highest BCUT2D eigenvalue weighted by Gasteiger charge is 2.26. The Morgan fingerprint density at radius 1 is 1.48 bits per heavy atom. The van der Waals surface area contributed by atoms with Crippen molar-refractivity contribution in [3.8, 4) is 0 Å². The van der Waals surface area contributed by atoms with E-state index in [2.05, 4.69) is 10.1 Å². The zero-order chi connectivity index (χ0) is 15.1. The Morgan fingerprint density at radius 2 is 2.24 bits per heavy atom. The van der Waals surface area contributed by atoms with E-state index in [9.17, 15) is 9.59 Å². The number of fused-ring (bicyclic) bond motifs is 1. The van der Waals surface area contributed by atoms with Gasteiger partial charge in [0.1, 0.15) is 5.69 Å². The van der Waals surface area contributed by atoms with Crippen LogP contribution in [-0.2, 0) is 20.0 Å². The second-order valence-corrected chi connectivity index (χ2v) is 6.37. The molecule has 112 valence electrons. The first-order valence-electron chi connectivity index (χ1n) is 6.67. The molecule has 7 nitrogen and oxygen atoms in total. The highest BCUT2D eigenvalue weighted by atomic mass is 32.1. The van der Waals surface area contributed by atoms with Crippen molar-refractivity contribution >= 4 is 22.4 Å². The van der Waals surface area contributed by atoms with E-state index in [1.807, 2.05) is 19.0 Å². The average Bonchev–Trinajstić information content (AvgIpc) is 3.01.